The molecule has 0 saturated carbocycles. The first-order valence-electron chi connectivity index (χ1n) is 6.86. The lowest BCUT2D eigenvalue weighted by atomic mass is 10.1. The molecule has 0 atom stereocenters. The van der Waals surface area contributed by atoms with Crippen molar-refractivity contribution in [2.75, 3.05) is 14.2 Å². The number of methoxy groups -OCH3 is 1. The third kappa shape index (κ3) is 4.56. The predicted octanol–water partition coefficient (Wildman–Crippen LogP) is 3.05. The summed E-state index contributed by atoms with van der Waals surface area (Å²) in [6.45, 7) is 2.55. The van der Waals surface area contributed by atoms with Crippen LogP contribution in [-0.4, -0.2) is 29.9 Å². The molecule has 1 amide bonds. The lowest BCUT2D eigenvalue weighted by Gasteiger charge is -2.15. The Hall–Kier alpha value is -1.88. The van der Waals surface area contributed by atoms with E-state index in [9.17, 15) is 4.79 Å². The highest BCUT2D eigenvalue weighted by molar-refractivity contribution is 7.09. The summed E-state index contributed by atoms with van der Waals surface area (Å²) in [5.74, 6) is 0.970. The Balaban J connectivity index is 1.82. The number of hydrogen-bond acceptors (Lipinski definition) is 4. The molecule has 1 aromatic carbocycles. The van der Waals surface area contributed by atoms with Crippen LogP contribution >= 0.6 is 11.3 Å². The first-order chi connectivity index (χ1) is 10.1. The van der Waals surface area contributed by atoms with E-state index < -0.39 is 0 Å². The van der Waals surface area contributed by atoms with Crippen molar-refractivity contribution in [2.45, 2.75) is 26.3 Å². The number of thiazole rings is 1. The second-order valence-electron chi connectivity index (χ2n) is 4.96. The first kappa shape index (κ1) is 15.5. The standard InChI is InChI=1S/C16H20N2O2S/c1-12-17-14(11-21-12)10-18(2)16(19)9-6-13-4-7-15(20-3)8-5-13/h4-5,7-8,11H,6,9-10H2,1-3H3. The molecule has 5 heteroatoms. The number of hydrogen-bond donors (Lipinski definition) is 0. The van der Waals surface area contributed by atoms with Gasteiger partial charge in [-0.05, 0) is 31.0 Å². The van der Waals surface area contributed by atoms with Gasteiger partial charge in [-0.2, -0.15) is 0 Å². The van der Waals surface area contributed by atoms with Crippen molar-refractivity contribution < 1.29 is 9.53 Å². The van der Waals surface area contributed by atoms with Gasteiger partial charge in [0.05, 0.1) is 24.4 Å². The van der Waals surface area contributed by atoms with E-state index in [0.29, 0.717) is 13.0 Å². The number of ether oxygens (including phenoxy) is 1. The van der Waals surface area contributed by atoms with Gasteiger partial charge in [0, 0.05) is 18.8 Å². The molecule has 0 N–H and O–H groups in total. The Labute approximate surface area is 129 Å². The van der Waals surface area contributed by atoms with Gasteiger partial charge >= 0.3 is 0 Å². The van der Waals surface area contributed by atoms with Crippen LogP contribution in [0.3, 0.4) is 0 Å². The Morgan fingerprint density at radius 1 is 1.33 bits per heavy atom. The molecule has 0 saturated heterocycles. The molecule has 0 spiro atoms. The second-order valence-corrected chi connectivity index (χ2v) is 6.02. The van der Waals surface area contributed by atoms with E-state index in [1.165, 1.54) is 0 Å². The fourth-order valence-electron chi connectivity index (χ4n) is 2.05. The van der Waals surface area contributed by atoms with Gasteiger partial charge in [-0.25, -0.2) is 4.98 Å². The molecule has 21 heavy (non-hydrogen) atoms. The van der Waals surface area contributed by atoms with Crippen LogP contribution in [0, 0.1) is 6.92 Å². The molecule has 0 fully saturated rings. The molecular weight excluding hydrogens is 284 g/mol. The van der Waals surface area contributed by atoms with Crippen molar-refractivity contribution >= 4 is 17.2 Å². The van der Waals surface area contributed by atoms with Crippen molar-refractivity contribution in [3.05, 3.63) is 45.9 Å². The SMILES string of the molecule is COc1ccc(CCC(=O)N(C)Cc2csc(C)n2)cc1. The van der Waals surface area contributed by atoms with Gasteiger partial charge in [-0.3, -0.25) is 4.79 Å². The van der Waals surface area contributed by atoms with Gasteiger partial charge in [-0.15, -0.1) is 11.3 Å². The van der Waals surface area contributed by atoms with E-state index in [1.54, 1.807) is 23.3 Å². The fourth-order valence-corrected chi connectivity index (χ4v) is 2.65. The van der Waals surface area contributed by atoms with E-state index >= 15 is 0 Å². The highest BCUT2D eigenvalue weighted by atomic mass is 32.1. The summed E-state index contributed by atoms with van der Waals surface area (Å²) < 4.78 is 5.12. The maximum Gasteiger partial charge on any atom is 0.222 e. The van der Waals surface area contributed by atoms with Crippen LogP contribution in [0.15, 0.2) is 29.6 Å². The number of amides is 1. The maximum absolute atomic E-state index is 12.1. The van der Waals surface area contributed by atoms with Crippen molar-refractivity contribution in [3.8, 4) is 5.75 Å². The molecule has 1 heterocycles. The van der Waals surface area contributed by atoms with Crippen molar-refractivity contribution in [2.24, 2.45) is 0 Å². The Kier molecular flexibility index (Phi) is 5.33. The highest BCUT2D eigenvalue weighted by Gasteiger charge is 2.11. The molecule has 0 radical (unpaired) electrons. The molecule has 112 valence electrons. The van der Waals surface area contributed by atoms with E-state index in [1.807, 2.05) is 43.6 Å². The molecular formula is C16H20N2O2S. The summed E-state index contributed by atoms with van der Waals surface area (Å²) in [6.07, 6.45) is 1.25. The number of rotatable bonds is 6. The minimum absolute atomic E-state index is 0.136. The topological polar surface area (TPSA) is 42.4 Å². The molecule has 2 rings (SSSR count). The van der Waals surface area contributed by atoms with Crippen LogP contribution in [0.5, 0.6) is 5.75 Å². The Morgan fingerprint density at radius 3 is 2.62 bits per heavy atom. The molecule has 1 aromatic heterocycles. The first-order valence-corrected chi connectivity index (χ1v) is 7.74. The largest absolute Gasteiger partial charge is 0.497 e. The monoisotopic (exact) mass is 304 g/mol. The zero-order chi connectivity index (χ0) is 15.2. The lowest BCUT2D eigenvalue weighted by Crippen LogP contribution is -2.26. The number of carbonyl (C=O) groups is 1. The van der Waals surface area contributed by atoms with E-state index in [-0.39, 0.29) is 5.91 Å². The van der Waals surface area contributed by atoms with E-state index in [2.05, 4.69) is 4.98 Å². The molecule has 0 bridgehead atoms. The third-order valence-electron chi connectivity index (χ3n) is 3.28. The van der Waals surface area contributed by atoms with Crippen LogP contribution in [-0.2, 0) is 17.8 Å². The van der Waals surface area contributed by atoms with Crippen LogP contribution in [0.1, 0.15) is 22.7 Å². The number of aryl methyl sites for hydroxylation is 2. The summed E-state index contributed by atoms with van der Waals surface area (Å²) in [5, 5.41) is 3.03. The molecule has 0 unspecified atom stereocenters. The number of aromatic nitrogens is 1. The highest BCUT2D eigenvalue weighted by Crippen LogP contribution is 2.14. The molecule has 4 nitrogen and oxygen atoms in total. The van der Waals surface area contributed by atoms with Gasteiger partial charge in [0.2, 0.25) is 5.91 Å². The van der Waals surface area contributed by atoms with Gasteiger partial charge in [0.1, 0.15) is 5.75 Å². The Morgan fingerprint density at radius 2 is 2.05 bits per heavy atom. The van der Waals surface area contributed by atoms with E-state index in [0.717, 1.165) is 28.4 Å². The fraction of sp³-hybridized carbons (Fsp3) is 0.375. The number of nitrogens with zero attached hydrogens (tertiary/aromatic N) is 2. The van der Waals surface area contributed by atoms with Gasteiger partial charge in [0.25, 0.3) is 0 Å². The molecule has 0 aliphatic heterocycles. The summed E-state index contributed by atoms with van der Waals surface area (Å²) in [4.78, 5) is 18.2. The van der Waals surface area contributed by atoms with Crippen LogP contribution in [0.4, 0.5) is 0 Å². The summed E-state index contributed by atoms with van der Waals surface area (Å²) >= 11 is 1.61. The number of carbonyl (C=O) groups excluding carboxylic acids is 1. The van der Waals surface area contributed by atoms with Crippen molar-refractivity contribution in [1.82, 2.24) is 9.88 Å². The van der Waals surface area contributed by atoms with Crippen LogP contribution in [0.25, 0.3) is 0 Å². The average molecular weight is 304 g/mol. The third-order valence-corrected chi connectivity index (χ3v) is 4.10. The normalized spacial score (nSPS) is 10.4. The molecule has 0 aliphatic carbocycles. The van der Waals surface area contributed by atoms with E-state index in [4.69, 9.17) is 4.74 Å². The summed E-state index contributed by atoms with van der Waals surface area (Å²) in [5.41, 5.74) is 2.10. The van der Waals surface area contributed by atoms with Gasteiger partial charge in [-0.1, -0.05) is 12.1 Å². The summed E-state index contributed by atoms with van der Waals surface area (Å²) in [6, 6.07) is 7.83. The lowest BCUT2D eigenvalue weighted by molar-refractivity contribution is -0.130. The predicted molar refractivity (Wildman–Crippen MR) is 84.6 cm³/mol. The molecule has 2 aromatic rings. The zero-order valence-electron chi connectivity index (χ0n) is 12.6. The van der Waals surface area contributed by atoms with Crippen LogP contribution in [0.2, 0.25) is 0 Å². The quantitative estimate of drug-likeness (QED) is 0.824. The maximum atomic E-state index is 12.1. The smallest absolute Gasteiger partial charge is 0.222 e. The summed E-state index contributed by atoms with van der Waals surface area (Å²) in [7, 11) is 3.47. The second kappa shape index (κ2) is 7.22. The van der Waals surface area contributed by atoms with Crippen molar-refractivity contribution in [1.29, 1.82) is 0 Å². The number of benzene rings is 1. The minimum atomic E-state index is 0.136. The minimum Gasteiger partial charge on any atom is -0.497 e. The van der Waals surface area contributed by atoms with Gasteiger partial charge < -0.3 is 9.64 Å². The molecule has 0 aliphatic rings. The van der Waals surface area contributed by atoms with Gasteiger partial charge in [0.15, 0.2) is 0 Å². The Bertz CT molecular complexity index is 593. The van der Waals surface area contributed by atoms with Crippen LogP contribution < -0.4 is 4.74 Å². The van der Waals surface area contributed by atoms with Crippen molar-refractivity contribution in [3.63, 3.8) is 0 Å². The zero-order valence-corrected chi connectivity index (χ0v) is 13.4. The average Bonchev–Trinajstić information content (AvgIpc) is 2.90.